The number of hydrogen-bond donors (Lipinski definition) is 0. The first-order valence-corrected chi connectivity index (χ1v) is 3.84. The van der Waals surface area contributed by atoms with Gasteiger partial charge in [-0.15, -0.1) is 0 Å². The van der Waals surface area contributed by atoms with E-state index in [1.165, 1.54) is 5.57 Å². The van der Waals surface area contributed by atoms with E-state index in [2.05, 4.69) is 36.6 Å². The first-order valence-electron chi connectivity index (χ1n) is 3.84. The summed E-state index contributed by atoms with van der Waals surface area (Å²) in [5, 5.41) is 0. The van der Waals surface area contributed by atoms with Gasteiger partial charge < -0.3 is 4.90 Å². The van der Waals surface area contributed by atoms with Gasteiger partial charge in [-0.05, 0) is 6.92 Å². The van der Waals surface area contributed by atoms with Gasteiger partial charge in [0, 0.05) is 25.7 Å². The molecular formula is C10H15N. The minimum Gasteiger partial charge on any atom is -0.381 e. The molecule has 1 atom stereocenters. The fourth-order valence-corrected chi connectivity index (χ4v) is 1.16. The quantitative estimate of drug-likeness (QED) is 0.581. The minimum atomic E-state index is 0.421. The van der Waals surface area contributed by atoms with E-state index in [4.69, 9.17) is 0 Å². The molecule has 0 aromatic heterocycles. The first kappa shape index (κ1) is 8.12. The summed E-state index contributed by atoms with van der Waals surface area (Å²) in [6, 6.07) is 0. The second-order valence-electron chi connectivity index (χ2n) is 3.18. The molecule has 1 unspecified atom stereocenters. The molecule has 0 amide bonds. The standard InChI is InChI=1S/C10H15N/c1-8-5-6-10(7-8)9(2)11(3)4/h5-7,10H,2H2,1,3-4H3. The van der Waals surface area contributed by atoms with E-state index < -0.39 is 0 Å². The Morgan fingerprint density at radius 2 is 2.18 bits per heavy atom. The Bertz CT molecular complexity index is 221. The molecule has 0 fully saturated rings. The second-order valence-corrected chi connectivity index (χ2v) is 3.18. The van der Waals surface area contributed by atoms with Crippen LogP contribution in [-0.4, -0.2) is 19.0 Å². The van der Waals surface area contributed by atoms with Gasteiger partial charge in [-0.1, -0.05) is 30.4 Å². The lowest BCUT2D eigenvalue weighted by Gasteiger charge is -2.18. The van der Waals surface area contributed by atoms with Crippen LogP contribution < -0.4 is 0 Å². The van der Waals surface area contributed by atoms with Crippen LogP contribution in [0.5, 0.6) is 0 Å². The normalized spacial score (nSPS) is 21.7. The monoisotopic (exact) mass is 149 g/mol. The molecule has 0 aliphatic heterocycles. The maximum absolute atomic E-state index is 4.00. The summed E-state index contributed by atoms with van der Waals surface area (Å²) in [4.78, 5) is 2.06. The Labute approximate surface area is 68.7 Å². The number of allylic oxidation sites excluding steroid dienone is 3. The Balaban J connectivity index is 2.65. The van der Waals surface area contributed by atoms with E-state index in [1.807, 2.05) is 14.1 Å². The molecule has 1 aliphatic rings. The maximum Gasteiger partial charge on any atom is 0.0351 e. The summed E-state index contributed by atoms with van der Waals surface area (Å²) >= 11 is 0. The molecule has 1 nitrogen and oxygen atoms in total. The Kier molecular flexibility index (Phi) is 2.18. The van der Waals surface area contributed by atoms with Crippen molar-refractivity contribution in [3.63, 3.8) is 0 Å². The van der Waals surface area contributed by atoms with Crippen molar-refractivity contribution in [1.29, 1.82) is 0 Å². The molecule has 0 radical (unpaired) electrons. The summed E-state index contributed by atoms with van der Waals surface area (Å²) in [6.07, 6.45) is 6.54. The van der Waals surface area contributed by atoms with Crippen molar-refractivity contribution >= 4 is 0 Å². The van der Waals surface area contributed by atoms with Crippen molar-refractivity contribution in [2.45, 2.75) is 6.92 Å². The zero-order chi connectivity index (χ0) is 8.43. The molecule has 0 saturated carbocycles. The molecule has 0 aromatic rings. The SMILES string of the molecule is C=C(C1C=CC(C)=C1)N(C)C. The molecule has 0 bridgehead atoms. The van der Waals surface area contributed by atoms with Gasteiger partial charge in [0.15, 0.2) is 0 Å². The second kappa shape index (κ2) is 2.95. The van der Waals surface area contributed by atoms with Crippen molar-refractivity contribution in [2.75, 3.05) is 14.1 Å². The van der Waals surface area contributed by atoms with E-state index in [0.717, 1.165) is 5.70 Å². The summed E-state index contributed by atoms with van der Waals surface area (Å²) in [5.74, 6) is 0.421. The van der Waals surface area contributed by atoms with Crippen LogP contribution in [0.4, 0.5) is 0 Å². The van der Waals surface area contributed by atoms with Crippen molar-refractivity contribution in [1.82, 2.24) is 4.90 Å². The van der Waals surface area contributed by atoms with E-state index >= 15 is 0 Å². The van der Waals surface area contributed by atoms with Crippen molar-refractivity contribution in [3.05, 3.63) is 36.1 Å². The molecule has 0 heterocycles. The predicted octanol–water partition coefficient (Wildman–Crippen LogP) is 2.19. The van der Waals surface area contributed by atoms with Crippen LogP contribution in [0, 0.1) is 5.92 Å². The highest BCUT2D eigenvalue weighted by molar-refractivity contribution is 5.32. The lowest BCUT2D eigenvalue weighted by atomic mass is 10.1. The third kappa shape index (κ3) is 1.73. The molecule has 0 saturated heterocycles. The molecule has 0 N–H and O–H groups in total. The van der Waals surface area contributed by atoms with Crippen LogP contribution in [-0.2, 0) is 0 Å². The maximum atomic E-state index is 4.00. The van der Waals surface area contributed by atoms with E-state index in [0.29, 0.717) is 5.92 Å². The van der Waals surface area contributed by atoms with E-state index in [9.17, 15) is 0 Å². The highest BCUT2D eigenvalue weighted by atomic mass is 15.1. The van der Waals surface area contributed by atoms with Crippen LogP contribution in [0.15, 0.2) is 36.1 Å². The number of nitrogens with zero attached hydrogens (tertiary/aromatic N) is 1. The first-order chi connectivity index (χ1) is 5.11. The average Bonchev–Trinajstić information content (AvgIpc) is 2.34. The van der Waals surface area contributed by atoms with Crippen LogP contribution in [0.2, 0.25) is 0 Å². The molecule has 1 aliphatic carbocycles. The van der Waals surface area contributed by atoms with Crippen molar-refractivity contribution in [2.24, 2.45) is 5.92 Å². The molecule has 11 heavy (non-hydrogen) atoms. The molecule has 1 rings (SSSR count). The minimum absolute atomic E-state index is 0.421. The van der Waals surface area contributed by atoms with Crippen LogP contribution in [0.3, 0.4) is 0 Å². The topological polar surface area (TPSA) is 3.24 Å². The summed E-state index contributed by atoms with van der Waals surface area (Å²) in [6.45, 7) is 6.11. The molecule has 0 spiro atoms. The fraction of sp³-hybridized carbons (Fsp3) is 0.400. The highest BCUT2D eigenvalue weighted by Gasteiger charge is 2.11. The van der Waals surface area contributed by atoms with Gasteiger partial charge >= 0.3 is 0 Å². The van der Waals surface area contributed by atoms with Gasteiger partial charge in [-0.3, -0.25) is 0 Å². The smallest absolute Gasteiger partial charge is 0.0351 e. The lowest BCUT2D eigenvalue weighted by molar-refractivity contribution is 0.480. The largest absolute Gasteiger partial charge is 0.381 e. The Morgan fingerprint density at radius 1 is 1.55 bits per heavy atom. The van der Waals surface area contributed by atoms with Gasteiger partial charge in [0.25, 0.3) is 0 Å². The summed E-state index contributed by atoms with van der Waals surface area (Å²) < 4.78 is 0. The molecule has 1 heteroatoms. The summed E-state index contributed by atoms with van der Waals surface area (Å²) in [7, 11) is 4.05. The molecule has 60 valence electrons. The molecular weight excluding hydrogens is 134 g/mol. The van der Waals surface area contributed by atoms with Gasteiger partial charge in [0.05, 0.1) is 0 Å². The van der Waals surface area contributed by atoms with Gasteiger partial charge in [-0.2, -0.15) is 0 Å². The summed E-state index contributed by atoms with van der Waals surface area (Å²) in [5.41, 5.74) is 2.48. The average molecular weight is 149 g/mol. The Hall–Kier alpha value is -0.980. The van der Waals surface area contributed by atoms with E-state index in [1.54, 1.807) is 0 Å². The van der Waals surface area contributed by atoms with Gasteiger partial charge in [0.2, 0.25) is 0 Å². The number of hydrogen-bond acceptors (Lipinski definition) is 1. The number of rotatable bonds is 2. The van der Waals surface area contributed by atoms with E-state index in [-0.39, 0.29) is 0 Å². The predicted molar refractivity (Wildman–Crippen MR) is 49.2 cm³/mol. The fourth-order valence-electron chi connectivity index (χ4n) is 1.16. The zero-order valence-corrected chi connectivity index (χ0v) is 7.46. The van der Waals surface area contributed by atoms with Crippen molar-refractivity contribution in [3.8, 4) is 0 Å². The van der Waals surface area contributed by atoms with Crippen LogP contribution in [0.1, 0.15) is 6.92 Å². The third-order valence-electron chi connectivity index (χ3n) is 1.97. The molecule has 0 aromatic carbocycles. The van der Waals surface area contributed by atoms with Crippen LogP contribution >= 0.6 is 0 Å². The highest BCUT2D eigenvalue weighted by Crippen LogP contribution is 2.22. The lowest BCUT2D eigenvalue weighted by Crippen LogP contribution is -2.14. The van der Waals surface area contributed by atoms with Gasteiger partial charge in [0.1, 0.15) is 0 Å². The Morgan fingerprint density at radius 3 is 2.55 bits per heavy atom. The van der Waals surface area contributed by atoms with Crippen LogP contribution in [0.25, 0.3) is 0 Å². The van der Waals surface area contributed by atoms with Gasteiger partial charge in [-0.25, -0.2) is 0 Å². The third-order valence-corrected chi connectivity index (χ3v) is 1.97. The zero-order valence-electron chi connectivity index (χ0n) is 7.46. The van der Waals surface area contributed by atoms with Crippen molar-refractivity contribution < 1.29 is 0 Å².